The zero-order valence-electron chi connectivity index (χ0n) is 10.9. The predicted molar refractivity (Wildman–Crippen MR) is 78.1 cm³/mol. The number of hydrogen-bond acceptors (Lipinski definition) is 1. The van der Waals surface area contributed by atoms with Crippen molar-refractivity contribution in [1.82, 2.24) is 0 Å². The lowest BCUT2D eigenvalue weighted by atomic mass is 9.78. The molecule has 0 saturated heterocycles. The standard InChI is InChI=1S/C14H20BrClO/c1-14(2,3)11(9-16)7-10-8-12(15)5-6-13(10)17-4/h5-6,8,11H,7,9H2,1-4H3. The summed E-state index contributed by atoms with van der Waals surface area (Å²) in [6.45, 7) is 6.68. The summed E-state index contributed by atoms with van der Waals surface area (Å²) in [6.07, 6.45) is 0.940. The average Bonchev–Trinajstić information content (AvgIpc) is 2.24. The quantitative estimate of drug-likeness (QED) is 0.717. The van der Waals surface area contributed by atoms with Crippen molar-refractivity contribution in [3.05, 3.63) is 28.2 Å². The Kier molecular flexibility index (Phi) is 5.33. The lowest BCUT2D eigenvalue weighted by Crippen LogP contribution is -2.24. The van der Waals surface area contributed by atoms with Crippen LogP contribution in [0.3, 0.4) is 0 Å². The van der Waals surface area contributed by atoms with Crippen LogP contribution in [0.2, 0.25) is 0 Å². The fourth-order valence-corrected chi connectivity index (χ4v) is 2.74. The Morgan fingerprint density at radius 1 is 1.35 bits per heavy atom. The molecular formula is C14H20BrClO. The van der Waals surface area contributed by atoms with E-state index in [1.54, 1.807) is 7.11 Å². The van der Waals surface area contributed by atoms with Gasteiger partial charge < -0.3 is 4.74 Å². The molecule has 0 aliphatic heterocycles. The Hall–Kier alpha value is -0.210. The Morgan fingerprint density at radius 2 is 2.00 bits per heavy atom. The first-order valence-corrected chi connectivity index (χ1v) is 7.09. The van der Waals surface area contributed by atoms with Crippen molar-refractivity contribution in [1.29, 1.82) is 0 Å². The van der Waals surface area contributed by atoms with Gasteiger partial charge in [-0.25, -0.2) is 0 Å². The van der Waals surface area contributed by atoms with E-state index in [4.69, 9.17) is 16.3 Å². The predicted octanol–water partition coefficient (Wildman–Crippen LogP) is 4.90. The number of hydrogen-bond donors (Lipinski definition) is 0. The van der Waals surface area contributed by atoms with Gasteiger partial charge in [-0.05, 0) is 41.5 Å². The van der Waals surface area contributed by atoms with Crippen LogP contribution in [-0.4, -0.2) is 13.0 Å². The summed E-state index contributed by atoms with van der Waals surface area (Å²) in [5, 5.41) is 0. The minimum atomic E-state index is 0.203. The third kappa shape index (κ3) is 4.18. The van der Waals surface area contributed by atoms with Gasteiger partial charge in [0.15, 0.2) is 0 Å². The van der Waals surface area contributed by atoms with Crippen LogP contribution >= 0.6 is 27.5 Å². The highest BCUT2D eigenvalue weighted by atomic mass is 79.9. The molecule has 0 aliphatic rings. The van der Waals surface area contributed by atoms with Gasteiger partial charge in [-0.1, -0.05) is 36.7 Å². The molecule has 17 heavy (non-hydrogen) atoms. The van der Waals surface area contributed by atoms with Crippen LogP contribution in [0.5, 0.6) is 5.75 Å². The minimum Gasteiger partial charge on any atom is -0.496 e. The van der Waals surface area contributed by atoms with Crippen LogP contribution in [-0.2, 0) is 6.42 Å². The molecule has 3 heteroatoms. The summed E-state index contributed by atoms with van der Waals surface area (Å²) < 4.78 is 6.47. The molecule has 0 aliphatic carbocycles. The molecule has 0 saturated carbocycles. The van der Waals surface area contributed by atoms with E-state index < -0.39 is 0 Å². The first-order chi connectivity index (χ1) is 7.88. The van der Waals surface area contributed by atoms with Crippen LogP contribution in [0, 0.1) is 11.3 Å². The molecule has 1 nitrogen and oxygen atoms in total. The number of ether oxygens (including phenoxy) is 1. The molecule has 0 amide bonds. The first-order valence-electron chi connectivity index (χ1n) is 5.77. The zero-order chi connectivity index (χ0) is 13.1. The van der Waals surface area contributed by atoms with Crippen LogP contribution in [0.15, 0.2) is 22.7 Å². The molecule has 0 aromatic heterocycles. The molecule has 96 valence electrons. The molecular weight excluding hydrogens is 300 g/mol. The SMILES string of the molecule is COc1ccc(Br)cc1CC(CCl)C(C)(C)C. The lowest BCUT2D eigenvalue weighted by Gasteiger charge is -2.29. The van der Waals surface area contributed by atoms with E-state index in [0.717, 1.165) is 16.6 Å². The molecule has 0 radical (unpaired) electrons. The van der Waals surface area contributed by atoms with Gasteiger partial charge in [-0.2, -0.15) is 0 Å². The first kappa shape index (κ1) is 14.8. The summed E-state index contributed by atoms with van der Waals surface area (Å²) in [5.74, 6) is 2.04. The number of rotatable bonds is 4. The Labute approximate surface area is 118 Å². The highest BCUT2D eigenvalue weighted by Gasteiger charge is 2.25. The second-order valence-electron chi connectivity index (χ2n) is 5.38. The van der Waals surface area contributed by atoms with Gasteiger partial charge in [-0.3, -0.25) is 0 Å². The second kappa shape index (κ2) is 6.10. The summed E-state index contributed by atoms with van der Waals surface area (Å²) >= 11 is 9.58. The fourth-order valence-electron chi connectivity index (χ4n) is 1.76. The third-order valence-corrected chi connectivity index (χ3v) is 3.99. The Morgan fingerprint density at radius 3 is 2.47 bits per heavy atom. The molecule has 1 aromatic rings. The molecule has 0 bridgehead atoms. The minimum absolute atomic E-state index is 0.203. The maximum atomic E-state index is 6.08. The van der Waals surface area contributed by atoms with Crippen molar-refractivity contribution in [3.8, 4) is 5.75 Å². The maximum Gasteiger partial charge on any atom is 0.122 e. The third-order valence-electron chi connectivity index (χ3n) is 3.12. The molecule has 1 unspecified atom stereocenters. The van der Waals surface area contributed by atoms with Crippen LogP contribution in [0.4, 0.5) is 0 Å². The second-order valence-corrected chi connectivity index (χ2v) is 6.60. The van der Waals surface area contributed by atoms with Crippen molar-refractivity contribution < 1.29 is 4.74 Å². The van der Waals surface area contributed by atoms with E-state index in [2.05, 4.69) is 42.8 Å². The van der Waals surface area contributed by atoms with Gasteiger partial charge >= 0.3 is 0 Å². The van der Waals surface area contributed by atoms with Crippen molar-refractivity contribution >= 4 is 27.5 Å². The van der Waals surface area contributed by atoms with Crippen LogP contribution < -0.4 is 4.74 Å². The zero-order valence-corrected chi connectivity index (χ0v) is 13.2. The summed E-state index contributed by atoms with van der Waals surface area (Å²) in [7, 11) is 1.71. The van der Waals surface area contributed by atoms with E-state index in [1.165, 1.54) is 5.56 Å². The fraction of sp³-hybridized carbons (Fsp3) is 0.571. The molecule has 0 heterocycles. The van der Waals surface area contributed by atoms with Gasteiger partial charge in [0, 0.05) is 10.4 Å². The normalized spacial score (nSPS) is 13.5. The topological polar surface area (TPSA) is 9.23 Å². The van der Waals surface area contributed by atoms with Crippen molar-refractivity contribution in [2.24, 2.45) is 11.3 Å². The molecule has 1 atom stereocenters. The number of alkyl halides is 1. The Balaban J connectivity index is 2.96. The summed E-state index contributed by atoms with van der Waals surface area (Å²) in [5.41, 5.74) is 1.41. The van der Waals surface area contributed by atoms with E-state index in [0.29, 0.717) is 11.8 Å². The monoisotopic (exact) mass is 318 g/mol. The van der Waals surface area contributed by atoms with Gasteiger partial charge in [0.2, 0.25) is 0 Å². The highest BCUT2D eigenvalue weighted by Crippen LogP contribution is 2.33. The van der Waals surface area contributed by atoms with E-state index in [1.807, 2.05) is 12.1 Å². The number of methoxy groups -OCH3 is 1. The average molecular weight is 320 g/mol. The van der Waals surface area contributed by atoms with Crippen LogP contribution in [0.1, 0.15) is 26.3 Å². The smallest absolute Gasteiger partial charge is 0.122 e. The van der Waals surface area contributed by atoms with Crippen LogP contribution in [0.25, 0.3) is 0 Å². The Bertz CT molecular complexity index is 371. The van der Waals surface area contributed by atoms with Gasteiger partial charge in [0.25, 0.3) is 0 Å². The molecule has 0 fully saturated rings. The summed E-state index contributed by atoms with van der Waals surface area (Å²) in [4.78, 5) is 0. The molecule has 1 aromatic carbocycles. The van der Waals surface area contributed by atoms with Gasteiger partial charge in [-0.15, -0.1) is 11.6 Å². The molecule has 1 rings (SSSR count). The van der Waals surface area contributed by atoms with E-state index in [9.17, 15) is 0 Å². The van der Waals surface area contributed by atoms with E-state index in [-0.39, 0.29) is 5.41 Å². The maximum absolute atomic E-state index is 6.08. The highest BCUT2D eigenvalue weighted by molar-refractivity contribution is 9.10. The van der Waals surface area contributed by atoms with E-state index >= 15 is 0 Å². The lowest BCUT2D eigenvalue weighted by molar-refractivity contribution is 0.261. The number of halogens is 2. The summed E-state index contributed by atoms with van der Waals surface area (Å²) in [6, 6.07) is 6.10. The largest absolute Gasteiger partial charge is 0.496 e. The van der Waals surface area contributed by atoms with Gasteiger partial charge in [0.1, 0.15) is 5.75 Å². The van der Waals surface area contributed by atoms with Crippen molar-refractivity contribution in [2.45, 2.75) is 27.2 Å². The molecule has 0 N–H and O–H groups in total. The number of benzene rings is 1. The van der Waals surface area contributed by atoms with Crippen molar-refractivity contribution in [2.75, 3.05) is 13.0 Å². The molecule has 0 spiro atoms. The van der Waals surface area contributed by atoms with Gasteiger partial charge in [0.05, 0.1) is 7.11 Å². The van der Waals surface area contributed by atoms with Crippen molar-refractivity contribution in [3.63, 3.8) is 0 Å².